The smallest absolute Gasteiger partial charge is 0.254 e. The van der Waals surface area contributed by atoms with Gasteiger partial charge in [-0.25, -0.2) is 0 Å². The quantitative estimate of drug-likeness (QED) is 0.520. The Morgan fingerprint density at radius 3 is 2.56 bits per heavy atom. The fourth-order valence-electron chi connectivity index (χ4n) is 3.08. The third-order valence-electron chi connectivity index (χ3n) is 4.37. The molecule has 7 heteroatoms. The number of aryl methyl sites for hydroxylation is 2. The molecule has 140 valence electrons. The van der Waals surface area contributed by atoms with Crippen LogP contribution in [-0.4, -0.2) is 21.2 Å². The zero-order valence-electron chi connectivity index (χ0n) is 15.1. The van der Waals surface area contributed by atoms with Gasteiger partial charge in [-0.15, -0.1) is 0 Å². The molecule has 0 aliphatic carbocycles. The molecule has 0 aliphatic heterocycles. The van der Waals surface area contributed by atoms with Crippen LogP contribution in [0.3, 0.4) is 0 Å². The van der Waals surface area contributed by atoms with Gasteiger partial charge in [-0.2, -0.15) is 5.10 Å². The van der Waals surface area contributed by atoms with Gasteiger partial charge in [0.1, 0.15) is 11.3 Å². The van der Waals surface area contributed by atoms with Gasteiger partial charge >= 0.3 is 0 Å². The second-order valence-corrected chi connectivity index (χ2v) is 6.96. The van der Waals surface area contributed by atoms with Gasteiger partial charge in [0.15, 0.2) is 5.82 Å². The van der Waals surface area contributed by atoms with Crippen LogP contribution in [0.25, 0.3) is 0 Å². The number of aromatic amines is 1. The van der Waals surface area contributed by atoms with Crippen LogP contribution in [0, 0.1) is 13.8 Å². The predicted octanol–water partition coefficient (Wildman–Crippen LogP) is 3.69. The fraction of sp³-hybridized carbons (Fsp3) is 0.200. The number of nitrogens with two attached hydrogens (primary N) is 1. The maximum Gasteiger partial charge on any atom is 0.254 e. The average Bonchev–Trinajstić information content (AvgIpc) is 3.00. The second-order valence-electron chi connectivity index (χ2n) is 6.53. The highest BCUT2D eigenvalue weighted by molar-refractivity contribution is 6.30. The Balaban J connectivity index is 1.82. The van der Waals surface area contributed by atoms with E-state index in [0.717, 1.165) is 22.3 Å². The SMILES string of the molecule is Cc1cc(CNc2n[nH]c(Cc3cccc(Cl)c3)c2C(N)=O)cc(C)c1O. The van der Waals surface area contributed by atoms with Crippen LogP contribution in [0.5, 0.6) is 5.75 Å². The fourth-order valence-corrected chi connectivity index (χ4v) is 3.30. The molecule has 0 saturated heterocycles. The molecule has 1 aromatic heterocycles. The lowest BCUT2D eigenvalue weighted by atomic mass is 10.0. The highest BCUT2D eigenvalue weighted by Crippen LogP contribution is 2.25. The molecule has 0 fully saturated rings. The summed E-state index contributed by atoms with van der Waals surface area (Å²) in [5, 5.41) is 20.8. The highest BCUT2D eigenvalue weighted by Gasteiger charge is 2.18. The molecule has 0 atom stereocenters. The molecule has 3 rings (SSSR count). The molecule has 6 nitrogen and oxygen atoms in total. The van der Waals surface area contributed by atoms with Crippen LogP contribution in [-0.2, 0) is 13.0 Å². The number of hydrogen-bond acceptors (Lipinski definition) is 4. The molecule has 0 radical (unpaired) electrons. The number of carbonyl (C=O) groups is 1. The predicted molar refractivity (Wildman–Crippen MR) is 106 cm³/mol. The van der Waals surface area contributed by atoms with Crippen LogP contribution in [0.2, 0.25) is 5.02 Å². The number of amides is 1. The van der Waals surface area contributed by atoms with Crippen molar-refractivity contribution in [1.82, 2.24) is 10.2 Å². The summed E-state index contributed by atoms with van der Waals surface area (Å²) in [5.74, 6) is 0.143. The van der Waals surface area contributed by atoms with Crippen molar-refractivity contribution in [2.75, 3.05) is 5.32 Å². The van der Waals surface area contributed by atoms with E-state index in [9.17, 15) is 9.90 Å². The molecule has 1 heterocycles. The topological polar surface area (TPSA) is 104 Å². The molecule has 5 N–H and O–H groups in total. The lowest BCUT2D eigenvalue weighted by Crippen LogP contribution is -2.15. The number of primary amides is 1. The summed E-state index contributed by atoms with van der Waals surface area (Å²) in [5.41, 5.74) is 10.1. The molecule has 27 heavy (non-hydrogen) atoms. The lowest BCUT2D eigenvalue weighted by Gasteiger charge is -2.09. The van der Waals surface area contributed by atoms with Gasteiger partial charge in [0, 0.05) is 18.0 Å². The minimum absolute atomic E-state index is 0.292. The van der Waals surface area contributed by atoms with E-state index in [1.54, 1.807) is 6.07 Å². The van der Waals surface area contributed by atoms with Crippen LogP contribution >= 0.6 is 11.6 Å². The van der Waals surface area contributed by atoms with Gasteiger partial charge in [0.2, 0.25) is 0 Å². The summed E-state index contributed by atoms with van der Waals surface area (Å²) in [6.45, 7) is 4.14. The van der Waals surface area contributed by atoms with E-state index in [4.69, 9.17) is 17.3 Å². The second kappa shape index (κ2) is 7.72. The standard InChI is InChI=1S/C20H21ClN4O2/c1-11-6-14(7-12(2)18(11)26)10-23-20-17(19(22)27)16(24-25-20)9-13-4-3-5-15(21)8-13/h3-8,26H,9-10H2,1-2H3,(H2,22,27)(H2,23,24,25). The summed E-state index contributed by atoms with van der Waals surface area (Å²) >= 11 is 6.03. The van der Waals surface area contributed by atoms with Crippen molar-refractivity contribution in [2.45, 2.75) is 26.8 Å². The molecule has 0 spiro atoms. The van der Waals surface area contributed by atoms with Gasteiger partial charge in [-0.1, -0.05) is 35.9 Å². The Morgan fingerprint density at radius 1 is 1.22 bits per heavy atom. The van der Waals surface area contributed by atoms with Crippen molar-refractivity contribution in [3.63, 3.8) is 0 Å². The zero-order chi connectivity index (χ0) is 19.6. The van der Waals surface area contributed by atoms with Crippen molar-refractivity contribution in [3.8, 4) is 5.75 Å². The first-order valence-electron chi connectivity index (χ1n) is 8.49. The summed E-state index contributed by atoms with van der Waals surface area (Å²) < 4.78 is 0. The number of anilines is 1. The maximum absolute atomic E-state index is 12.0. The van der Waals surface area contributed by atoms with Crippen molar-refractivity contribution in [2.24, 2.45) is 5.73 Å². The molecule has 0 unspecified atom stereocenters. The number of halogens is 1. The molecular weight excluding hydrogens is 364 g/mol. The summed E-state index contributed by atoms with van der Waals surface area (Å²) in [7, 11) is 0. The zero-order valence-corrected chi connectivity index (χ0v) is 15.9. The van der Waals surface area contributed by atoms with Gasteiger partial charge < -0.3 is 16.2 Å². The van der Waals surface area contributed by atoms with Crippen molar-refractivity contribution < 1.29 is 9.90 Å². The van der Waals surface area contributed by atoms with E-state index in [1.165, 1.54) is 0 Å². The lowest BCUT2D eigenvalue weighted by molar-refractivity contribution is 0.100. The first-order chi connectivity index (χ1) is 12.8. The van der Waals surface area contributed by atoms with E-state index in [1.807, 2.05) is 44.2 Å². The van der Waals surface area contributed by atoms with Crippen LogP contribution in [0.15, 0.2) is 36.4 Å². The maximum atomic E-state index is 12.0. The number of nitrogens with zero attached hydrogens (tertiary/aromatic N) is 1. The number of nitrogens with one attached hydrogen (secondary N) is 2. The first-order valence-corrected chi connectivity index (χ1v) is 8.87. The Labute approximate surface area is 162 Å². The van der Waals surface area contributed by atoms with Crippen LogP contribution in [0.1, 0.15) is 38.3 Å². The Hall–Kier alpha value is -2.99. The van der Waals surface area contributed by atoms with E-state index in [-0.39, 0.29) is 0 Å². The number of carbonyl (C=O) groups excluding carboxylic acids is 1. The third-order valence-corrected chi connectivity index (χ3v) is 4.60. The summed E-state index contributed by atoms with van der Waals surface area (Å²) in [4.78, 5) is 12.0. The van der Waals surface area contributed by atoms with Gasteiger partial charge in [-0.05, 0) is 48.2 Å². The van der Waals surface area contributed by atoms with Gasteiger partial charge in [-0.3, -0.25) is 9.89 Å². The minimum Gasteiger partial charge on any atom is -0.507 e. The van der Waals surface area contributed by atoms with Gasteiger partial charge in [0.05, 0.1) is 5.69 Å². The third kappa shape index (κ3) is 4.23. The monoisotopic (exact) mass is 384 g/mol. The van der Waals surface area contributed by atoms with Crippen molar-refractivity contribution >= 4 is 23.3 Å². The number of aromatic hydroxyl groups is 1. The molecular formula is C20H21ClN4O2. The first kappa shape index (κ1) is 18.8. The van der Waals surface area contributed by atoms with Gasteiger partial charge in [0.25, 0.3) is 5.91 Å². The molecule has 0 bridgehead atoms. The van der Waals surface area contributed by atoms with Crippen molar-refractivity contribution in [1.29, 1.82) is 0 Å². The number of rotatable bonds is 6. The van der Waals surface area contributed by atoms with E-state index in [2.05, 4.69) is 15.5 Å². The minimum atomic E-state index is -0.554. The van der Waals surface area contributed by atoms with E-state index >= 15 is 0 Å². The molecule has 1 amide bonds. The summed E-state index contributed by atoms with van der Waals surface area (Å²) in [6, 6.07) is 11.2. The Bertz CT molecular complexity index is 974. The molecule has 3 aromatic rings. The van der Waals surface area contributed by atoms with Crippen molar-refractivity contribution in [3.05, 3.63) is 74.9 Å². The number of phenols is 1. The van der Waals surface area contributed by atoms with Crippen LogP contribution in [0.4, 0.5) is 5.82 Å². The van der Waals surface area contributed by atoms with E-state index < -0.39 is 5.91 Å². The number of H-pyrrole nitrogens is 1. The van der Waals surface area contributed by atoms with E-state index in [0.29, 0.717) is 40.8 Å². The molecule has 2 aromatic carbocycles. The number of aromatic nitrogens is 2. The number of hydrogen-bond donors (Lipinski definition) is 4. The largest absolute Gasteiger partial charge is 0.507 e. The molecule has 0 aliphatic rings. The summed E-state index contributed by atoms with van der Waals surface area (Å²) in [6.07, 6.45) is 0.463. The number of benzene rings is 2. The van der Waals surface area contributed by atoms with Crippen LogP contribution < -0.4 is 11.1 Å². The molecule has 0 saturated carbocycles. The number of phenolic OH excluding ortho intramolecular Hbond substituents is 1. The normalized spacial score (nSPS) is 10.8. The Kier molecular flexibility index (Phi) is 5.37. The Morgan fingerprint density at radius 2 is 1.93 bits per heavy atom. The average molecular weight is 385 g/mol. The highest BCUT2D eigenvalue weighted by atomic mass is 35.5.